The summed E-state index contributed by atoms with van der Waals surface area (Å²) in [5.74, 6) is -0.430. The molecule has 6 nitrogen and oxygen atoms in total. The van der Waals surface area contributed by atoms with Gasteiger partial charge in [0.15, 0.2) is 5.69 Å². The Kier molecular flexibility index (Phi) is 6.93. The highest BCUT2D eigenvalue weighted by molar-refractivity contribution is 5.95. The maximum atomic E-state index is 13.5. The lowest BCUT2D eigenvalue weighted by Crippen LogP contribution is -2.35. The van der Waals surface area contributed by atoms with Crippen LogP contribution in [0.1, 0.15) is 76.2 Å². The molecule has 1 aliphatic heterocycles. The Morgan fingerprint density at radius 2 is 1.54 bits per heavy atom. The van der Waals surface area contributed by atoms with Gasteiger partial charge in [-0.05, 0) is 86.9 Å². The van der Waals surface area contributed by atoms with E-state index < -0.39 is 0 Å². The van der Waals surface area contributed by atoms with Crippen molar-refractivity contribution in [1.29, 1.82) is 0 Å². The SMILES string of the molecule is O=C(NCc1ccc(C(=O)N2CCCCC2)cc1)c1nn(-c2ccc(F)cc2)c2c1CCCCC2. The molecule has 0 atom stereocenters. The normalized spacial score (nSPS) is 15.9. The quantitative estimate of drug-likeness (QED) is 0.539. The van der Waals surface area contributed by atoms with E-state index in [4.69, 9.17) is 0 Å². The highest BCUT2D eigenvalue weighted by atomic mass is 19.1. The predicted octanol–water partition coefficient (Wildman–Crippen LogP) is 4.84. The number of rotatable bonds is 5. The fourth-order valence-corrected chi connectivity index (χ4v) is 5.06. The summed E-state index contributed by atoms with van der Waals surface area (Å²) >= 11 is 0. The van der Waals surface area contributed by atoms with Crippen molar-refractivity contribution in [1.82, 2.24) is 20.0 Å². The zero-order valence-electron chi connectivity index (χ0n) is 19.9. The smallest absolute Gasteiger partial charge is 0.272 e. The minimum Gasteiger partial charge on any atom is -0.347 e. The van der Waals surface area contributed by atoms with Crippen molar-refractivity contribution in [3.8, 4) is 5.69 Å². The Bertz CT molecular complexity index is 1190. The average molecular weight is 475 g/mol. The summed E-state index contributed by atoms with van der Waals surface area (Å²) in [6, 6.07) is 13.7. The number of benzene rings is 2. The minimum absolute atomic E-state index is 0.0781. The van der Waals surface area contributed by atoms with Crippen molar-refractivity contribution < 1.29 is 14.0 Å². The van der Waals surface area contributed by atoms with E-state index in [1.807, 2.05) is 29.2 Å². The van der Waals surface area contributed by atoms with Crippen molar-refractivity contribution in [3.63, 3.8) is 0 Å². The summed E-state index contributed by atoms with van der Waals surface area (Å²) in [4.78, 5) is 27.8. The molecule has 1 aliphatic carbocycles. The van der Waals surface area contributed by atoms with E-state index in [2.05, 4.69) is 10.4 Å². The van der Waals surface area contributed by atoms with Crippen LogP contribution in [0.25, 0.3) is 5.69 Å². The van der Waals surface area contributed by atoms with Crippen molar-refractivity contribution in [2.75, 3.05) is 13.1 Å². The molecular formula is C28H31FN4O2. The standard InChI is InChI=1S/C28H31FN4O2/c29-22-13-15-23(16-14-22)33-25-8-4-1-3-7-24(25)26(31-33)27(34)30-19-20-9-11-21(12-10-20)28(35)32-17-5-2-6-18-32/h9-16H,1-8,17-19H2,(H,30,34). The van der Waals surface area contributed by atoms with Crippen LogP contribution in [0.5, 0.6) is 0 Å². The van der Waals surface area contributed by atoms with Crippen LogP contribution in [-0.2, 0) is 19.4 Å². The molecule has 7 heteroatoms. The Morgan fingerprint density at radius 1 is 0.857 bits per heavy atom. The molecule has 1 fully saturated rings. The van der Waals surface area contributed by atoms with Gasteiger partial charge in [-0.3, -0.25) is 9.59 Å². The van der Waals surface area contributed by atoms with Gasteiger partial charge in [-0.25, -0.2) is 9.07 Å². The maximum absolute atomic E-state index is 13.5. The van der Waals surface area contributed by atoms with Gasteiger partial charge < -0.3 is 10.2 Å². The number of hydrogen-bond donors (Lipinski definition) is 1. The van der Waals surface area contributed by atoms with Crippen LogP contribution in [0, 0.1) is 5.82 Å². The van der Waals surface area contributed by atoms with Crippen LogP contribution in [0.4, 0.5) is 4.39 Å². The molecule has 0 unspecified atom stereocenters. The molecule has 0 bridgehead atoms. The van der Waals surface area contributed by atoms with E-state index in [1.54, 1.807) is 16.8 Å². The summed E-state index contributed by atoms with van der Waals surface area (Å²) in [7, 11) is 0. The molecular weight excluding hydrogens is 443 g/mol. The van der Waals surface area contributed by atoms with Crippen LogP contribution < -0.4 is 5.32 Å². The van der Waals surface area contributed by atoms with E-state index >= 15 is 0 Å². The molecule has 5 rings (SSSR count). The monoisotopic (exact) mass is 474 g/mol. The second-order valence-electron chi connectivity index (χ2n) is 9.46. The first-order valence-corrected chi connectivity index (χ1v) is 12.6. The molecule has 35 heavy (non-hydrogen) atoms. The number of nitrogens with one attached hydrogen (secondary N) is 1. The van der Waals surface area contributed by atoms with Gasteiger partial charge in [0.1, 0.15) is 5.82 Å². The molecule has 1 aromatic heterocycles. The van der Waals surface area contributed by atoms with Gasteiger partial charge in [0.2, 0.25) is 0 Å². The summed E-state index contributed by atoms with van der Waals surface area (Å²) < 4.78 is 15.3. The number of carbonyl (C=O) groups excluding carboxylic acids is 2. The molecule has 0 saturated carbocycles. The molecule has 0 spiro atoms. The Labute approximate surface area is 205 Å². The van der Waals surface area contributed by atoms with E-state index in [1.165, 1.54) is 18.6 Å². The highest BCUT2D eigenvalue weighted by Gasteiger charge is 2.25. The molecule has 2 aliphatic rings. The number of aromatic nitrogens is 2. The second kappa shape index (κ2) is 10.4. The average Bonchev–Trinajstić information content (AvgIpc) is 3.09. The van der Waals surface area contributed by atoms with Gasteiger partial charge >= 0.3 is 0 Å². The Hall–Kier alpha value is -3.48. The second-order valence-corrected chi connectivity index (χ2v) is 9.46. The first kappa shape index (κ1) is 23.3. The molecule has 3 aromatic rings. The lowest BCUT2D eigenvalue weighted by Gasteiger charge is -2.26. The number of nitrogens with zero attached hydrogens (tertiary/aromatic N) is 3. The Balaban J connectivity index is 1.30. The number of likely N-dealkylation sites (tertiary alicyclic amines) is 1. The Morgan fingerprint density at radius 3 is 2.29 bits per heavy atom. The van der Waals surface area contributed by atoms with Crippen molar-refractivity contribution in [3.05, 3.63) is 82.4 Å². The van der Waals surface area contributed by atoms with Crippen molar-refractivity contribution in [2.45, 2.75) is 57.9 Å². The molecule has 0 radical (unpaired) electrons. The topological polar surface area (TPSA) is 67.2 Å². The number of hydrogen-bond acceptors (Lipinski definition) is 3. The highest BCUT2D eigenvalue weighted by Crippen LogP contribution is 2.26. The maximum Gasteiger partial charge on any atom is 0.272 e. The summed E-state index contributed by atoms with van der Waals surface area (Å²) in [6.45, 7) is 2.01. The molecule has 1 N–H and O–H groups in total. The predicted molar refractivity (Wildman–Crippen MR) is 132 cm³/mol. The van der Waals surface area contributed by atoms with Crippen LogP contribution in [-0.4, -0.2) is 39.6 Å². The van der Waals surface area contributed by atoms with Crippen LogP contribution in [0.3, 0.4) is 0 Å². The zero-order valence-corrected chi connectivity index (χ0v) is 19.9. The molecule has 2 heterocycles. The van der Waals surface area contributed by atoms with E-state index in [-0.39, 0.29) is 17.6 Å². The van der Waals surface area contributed by atoms with Crippen molar-refractivity contribution in [2.24, 2.45) is 0 Å². The van der Waals surface area contributed by atoms with Gasteiger partial charge in [0, 0.05) is 36.5 Å². The number of halogens is 1. The first-order chi connectivity index (χ1) is 17.1. The third-order valence-corrected chi connectivity index (χ3v) is 7.01. The molecule has 2 amide bonds. The lowest BCUT2D eigenvalue weighted by molar-refractivity contribution is 0.0724. The number of amides is 2. The van der Waals surface area contributed by atoms with Crippen molar-refractivity contribution >= 4 is 11.8 Å². The van der Waals surface area contributed by atoms with E-state index in [9.17, 15) is 14.0 Å². The lowest BCUT2D eigenvalue weighted by atomic mass is 10.1. The van der Waals surface area contributed by atoms with Crippen LogP contribution in [0.15, 0.2) is 48.5 Å². The summed E-state index contributed by atoms with van der Waals surface area (Å²) in [6.07, 6.45) is 8.16. The number of piperidine rings is 1. The van der Waals surface area contributed by atoms with Gasteiger partial charge in [-0.15, -0.1) is 0 Å². The molecule has 182 valence electrons. The fraction of sp³-hybridized carbons (Fsp3) is 0.393. The first-order valence-electron chi connectivity index (χ1n) is 12.6. The number of carbonyl (C=O) groups is 2. The summed E-state index contributed by atoms with van der Waals surface area (Å²) in [5.41, 5.74) is 4.86. The largest absolute Gasteiger partial charge is 0.347 e. The van der Waals surface area contributed by atoms with E-state index in [0.29, 0.717) is 17.8 Å². The van der Waals surface area contributed by atoms with Gasteiger partial charge in [-0.1, -0.05) is 18.6 Å². The molecule has 1 saturated heterocycles. The van der Waals surface area contributed by atoms with Gasteiger partial charge in [0.05, 0.1) is 5.69 Å². The zero-order chi connectivity index (χ0) is 24.2. The van der Waals surface area contributed by atoms with Crippen LogP contribution in [0.2, 0.25) is 0 Å². The fourth-order valence-electron chi connectivity index (χ4n) is 5.06. The third-order valence-electron chi connectivity index (χ3n) is 7.01. The number of fused-ring (bicyclic) bond motifs is 1. The third kappa shape index (κ3) is 5.14. The minimum atomic E-state index is -0.298. The van der Waals surface area contributed by atoms with Crippen LogP contribution >= 0.6 is 0 Å². The van der Waals surface area contributed by atoms with E-state index in [0.717, 1.165) is 80.5 Å². The van der Waals surface area contributed by atoms with Gasteiger partial charge in [-0.2, -0.15) is 5.10 Å². The molecule has 2 aromatic carbocycles. The summed E-state index contributed by atoms with van der Waals surface area (Å²) in [5, 5.41) is 7.67. The van der Waals surface area contributed by atoms with Gasteiger partial charge in [0.25, 0.3) is 11.8 Å².